The lowest BCUT2D eigenvalue weighted by Gasteiger charge is -2.37. The van der Waals surface area contributed by atoms with Crippen LogP contribution in [0.15, 0.2) is 39.9 Å². The molecule has 0 unspecified atom stereocenters. The van der Waals surface area contributed by atoms with Crippen molar-refractivity contribution in [2.45, 2.75) is 13.3 Å². The van der Waals surface area contributed by atoms with Gasteiger partial charge in [-0.3, -0.25) is 9.59 Å². The largest absolute Gasteiger partial charge is 0.272 e. The highest BCUT2D eigenvalue weighted by atomic mass is 79.9. The minimum Gasteiger partial charge on any atom is -0.272 e. The highest BCUT2D eigenvalue weighted by molar-refractivity contribution is 9.10. The van der Waals surface area contributed by atoms with Gasteiger partial charge in [-0.25, -0.2) is 0 Å². The minimum absolute atomic E-state index is 0.114. The Morgan fingerprint density at radius 2 is 1.75 bits per heavy atom. The fourth-order valence-corrected chi connectivity index (χ4v) is 5.27. The molecular weight excluding hydrogens is 368 g/mol. The van der Waals surface area contributed by atoms with Crippen molar-refractivity contribution in [3.8, 4) is 0 Å². The Hall–Kier alpha value is -1.75. The van der Waals surface area contributed by atoms with Gasteiger partial charge in [0.1, 0.15) is 0 Å². The number of nitrogens with zero attached hydrogens (tertiary/aromatic N) is 2. The third-order valence-corrected chi connectivity index (χ3v) is 7.01. The number of carbonyl (C=O) groups is 2. The van der Waals surface area contributed by atoms with Gasteiger partial charge in [-0.15, -0.1) is 0 Å². The van der Waals surface area contributed by atoms with Gasteiger partial charge in [0.2, 0.25) is 0 Å². The van der Waals surface area contributed by atoms with Crippen molar-refractivity contribution in [1.29, 1.82) is 0 Å². The van der Waals surface area contributed by atoms with Crippen LogP contribution in [0.25, 0.3) is 0 Å². The first kappa shape index (κ1) is 14.6. The Morgan fingerprint density at radius 1 is 1.12 bits per heavy atom. The van der Waals surface area contributed by atoms with Gasteiger partial charge in [0, 0.05) is 4.47 Å². The normalized spacial score (nSPS) is 38.8. The molecule has 24 heavy (non-hydrogen) atoms. The second kappa shape index (κ2) is 4.88. The standard InChI is InChI=1S/C19H17BrN2O2/c1-9-2-3-10(6-15(9)20)8-21-22-18(23)16-11-4-5-12(14-7-13(11)14)17(16)19(22)24/h2-6,8,11-14,16-17H,7H2,1H3/t11-,12-,13-,14+,16-,17+/m0/s1. The van der Waals surface area contributed by atoms with Gasteiger partial charge < -0.3 is 0 Å². The minimum atomic E-state index is -0.182. The zero-order valence-electron chi connectivity index (χ0n) is 13.2. The summed E-state index contributed by atoms with van der Waals surface area (Å²) >= 11 is 3.49. The van der Waals surface area contributed by atoms with Gasteiger partial charge in [-0.05, 0) is 54.2 Å². The molecule has 122 valence electrons. The summed E-state index contributed by atoms with van der Waals surface area (Å²) < 4.78 is 0.988. The van der Waals surface area contributed by atoms with Gasteiger partial charge in [0.25, 0.3) is 11.8 Å². The zero-order chi connectivity index (χ0) is 16.6. The van der Waals surface area contributed by atoms with Crippen LogP contribution in [-0.2, 0) is 9.59 Å². The first-order chi connectivity index (χ1) is 11.6. The molecule has 6 rings (SSSR count). The Balaban J connectivity index is 1.44. The van der Waals surface area contributed by atoms with E-state index in [1.54, 1.807) is 6.21 Å². The fraction of sp³-hybridized carbons (Fsp3) is 0.421. The van der Waals surface area contributed by atoms with Gasteiger partial charge in [-0.2, -0.15) is 10.1 Å². The molecule has 2 bridgehead atoms. The molecule has 3 fully saturated rings. The van der Waals surface area contributed by atoms with Crippen molar-refractivity contribution in [3.05, 3.63) is 46.0 Å². The van der Waals surface area contributed by atoms with Crippen LogP contribution in [-0.4, -0.2) is 23.0 Å². The number of amides is 2. The monoisotopic (exact) mass is 384 g/mol. The molecule has 1 aromatic carbocycles. The lowest BCUT2D eigenvalue weighted by molar-refractivity contribution is -0.140. The Labute approximate surface area is 148 Å². The summed E-state index contributed by atoms with van der Waals surface area (Å²) in [6, 6.07) is 5.86. The van der Waals surface area contributed by atoms with Gasteiger partial charge in [-0.1, -0.05) is 40.2 Å². The first-order valence-electron chi connectivity index (χ1n) is 8.42. The first-order valence-corrected chi connectivity index (χ1v) is 9.22. The van der Waals surface area contributed by atoms with Crippen molar-refractivity contribution in [3.63, 3.8) is 0 Å². The Morgan fingerprint density at radius 3 is 2.33 bits per heavy atom. The number of hydrazone groups is 1. The molecule has 1 heterocycles. The number of aryl methyl sites for hydroxylation is 1. The topological polar surface area (TPSA) is 49.7 Å². The summed E-state index contributed by atoms with van der Waals surface area (Å²) in [6.07, 6.45) is 7.13. The van der Waals surface area contributed by atoms with Crippen LogP contribution in [0.4, 0.5) is 0 Å². The average Bonchev–Trinajstić information content (AvgIpc) is 3.35. The SMILES string of the molecule is Cc1ccc(C=NN2C(=O)[C@@H]3[C@H]4C=C[C@@H]([C@@H]5C[C@H]45)[C@@H]3C2=O)cc1Br. The van der Waals surface area contributed by atoms with Crippen molar-refractivity contribution >= 4 is 34.0 Å². The predicted molar refractivity (Wildman–Crippen MR) is 93.0 cm³/mol. The third-order valence-electron chi connectivity index (χ3n) is 6.16. The Bertz CT molecular complexity index is 795. The van der Waals surface area contributed by atoms with E-state index in [0.29, 0.717) is 11.8 Å². The van der Waals surface area contributed by atoms with Crippen LogP contribution in [0.2, 0.25) is 0 Å². The zero-order valence-corrected chi connectivity index (χ0v) is 14.8. The van der Waals surface area contributed by atoms with E-state index in [1.807, 2.05) is 25.1 Å². The lowest BCUT2D eigenvalue weighted by atomic mass is 9.63. The maximum absolute atomic E-state index is 12.8. The van der Waals surface area contributed by atoms with Crippen molar-refractivity contribution in [1.82, 2.24) is 5.01 Å². The molecule has 4 aliphatic carbocycles. The molecule has 0 N–H and O–H groups in total. The second-order valence-corrected chi connectivity index (χ2v) is 8.25. The van der Waals surface area contributed by atoms with Crippen LogP contribution in [0.3, 0.4) is 0 Å². The molecule has 0 aromatic heterocycles. The maximum atomic E-state index is 12.8. The molecule has 2 amide bonds. The van der Waals surface area contributed by atoms with E-state index in [1.165, 1.54) is 6.42 Å². The van der Waals surface area contributed by atoms with E-state index in [-0.39, 0.29) is 35.5 Å². The van der Waals surface area contributed by atoms with E-state index in [9.17, 15) is 9.59 Å². The fourth-order valence-electron chi connectivity index (χ4n) is 4.87. The Kier molecular flexibility index (Phi) is 2.97. The van der Waals surface area contributed by atoms with Crippen LogP contribution < -0.4 is 0 Å². The van der Waals surface area contributed by atoms with E-state index in [2.05, 4.69) is 33.2 Å². The average molecular weight is 385 g/mol. The van der Waals surface area contributed by atoms with Crippen molar-refractivity contribution < 1.29 is 9.59 Å². The third kappa shape index (κ3) is 1.88. The van der Waals surface area contributed by atoms with Crippen LogP contribution in [0, 0.1) is 42.4 Å². The van der Waals surface area contributed by atoms with Crippen LogP contribution in [0.5, 0.6) is 0 Å². The van der Waals surface area contributed by atoms with Gasteiger partial charge >= 0.3 is 0 Å². The van der Waals surface area contributed by atoms with Crippen LogP contribution in [0.1, 0.15) is 17.5 Å². The molecule has 1 aromatic rings. The van der Waals surface area contributed by atoms with Gasteiger partial charge in [0.05, 0.1) is 18.1 Å². The quantitative estimate of drug-likeness (QED) is 0.446. The molecule has 5 heteroatoms. The number of hydrogen-bond acceptors (Lipinski definition) is 3. The number of hydrogen-bond donors (Lipinski definition) is 0. The summed E-state index contributed by atoms with van der Waals surface area (Å²) in [5.74, 6) is 1.14. The number of carbonyl (C=O) groups excluding carboxylic acids is 2. The lowest BCUT2D eigenvalue weighted by Crippen LogP contribution is -2.40. The summed E-state index contributed by atoms with van der Waals surface area (Å²) in [5, 5.41) is 5.37. The molecule has 6 atom stereocenters. The highest BCUT2D eigenvalue weighted by Gasteiger charge is 2.67. The summed E-state index contributed by atoms with van der Waals surface area (Å²) in [6.45, 7) is 2.01. The summed E-state index contributed by atoms with van der Waals surface area (Å²) in [5.41, 5.74) is 2.00. The van der Waals surface area contributed by atoms with E-state index >= 15 is 0 Å². The van der Waals surface area contributed by atoms with Crippen LogP contribution >= 0.6 is 15.9 Å². The number of imide groups is 1. The van der Waals surface area contributed by atoms with E-state index in [4.69, 9.17) is 0 Å². The van der Waals surface area contributed by atoms with Gasteiger partial charge in [0.15, 0.2) is 0 Å². The van der Waals surface area contributed by atoms with Crippen molar-refractivity contribution in [2.75, 3.05) is 0 Å². The molecule has 0 spiro atoms. The van der Waals surface area contributed by atoms with Crippen molar-refractivity contribution in [2.24, 2.45) is 40.6 Å². The molecule has 5 aliphatic rings. The number of allylic oxidation sites excluding steroid dienone is 2. The van der Waals surface area contributed by atoms with E-state index in [0.717, 1.165) is 20.6 Å². The molecule has 1 saturated heterocycles. The molecule has 2 saturated carbocycles. The number of benzene rings is 1. The molecular formula is C19H17BrN2O2. The predicted octanol–water partition coefficient (Wildman–Crippen LogP) is 3.14. The number of rotatable bonds is 2. The molecule has 0 radical (unpaired) electrons. The maximum Gasteiger partial charge on any atom is 0.254 e. The number of halogens is 1. The summed E-state index contributed by atoms with van der Waals surface area (Å²) in [7, 11) is 0. The summed E-state index contributed by atoms with van der Waals surface area (Å²) in [4.78, 5) is 25.6. The second-order valence-electron chi connectivity index (χ2n) is 7.40. The highest BCUT2D eigenvalue weighted by Crippen LogP contribution is 2.65. The molecule has 1 aliphatic heterocycles. The molecule has 4 nitrogen and oxygen atoms in total. The smallest absolute Gasteiger partial charge is 0.254 e. The van der Waals surface area contributed by atoms with E-state index < -0.39 is 0 Å².